The first-order valence-corrected chi connectivity index (χ1v) is 9.08. The van der Waals surface area contributed by atoms with Crippen LogP contribution in [0.5, 0.6) is 0 Å². The predicted octanol–water partition coefficient (Wildman–Crippen LogP) is 3.78. The van der Waals surface area contributed by atoms with Crippen molar-refractivity contribution in [3.05, 3.63) is 33.1 Å². The van der Waals surface area contributed by atoms with E-state index in [9.17, 15) is 17.6 Å². The molecule has 0 aliphatic carbocycles. The Balaban J connectivity index is 3.13. The van der Waals surface area contributed by atoms with E-state index in [0.29, 0.717) is 9.64 Å². The summed E-state index contributed by atoms with van der Waals surface area (Å²) < 4.78 is 50.1. The van der Waals surface area contributed by atoms with Crippen LogP contribution < -0.4 is 0 Å². The van der Waals surface area contributed by atoms with Crippen molar-refractivity contribution in [3.8, 4) is 0 Å². The maximum atomic E-state index is 13.2. The molecule has 0 unspecified atom stereocenters. The van der Waals surface area contributed by atoms with Crippen molar-refractivity contribution in [1.29, 1.82) is 0 Å². The zero-order chi connectivity index (χ0) is 10.9. The zero-order valence-corrected chi connectivity index (χ0v) is 9.78. The van der Waals surface area contributed by atoms with Crippen LogP contribution in [0.2, 0.25) is 0 Å². The second-order valence-corrected chi connectivity index (χ2v) is 8.36. The molecule has 0 spiro atoms. The summed E-state index contributed by atoms with van der Waals surface area (Å²) in [6.07, 6.45) is -4.46. The summed E-state index contributed by atoms with van der Waals surface area (Å²) in [6.45, 7) is 0. The summed E-state index contributed by atoms with van der Waals surface area (Å²) in [7, 11) is 0. The van der Waals surface area contributed by atoms with Crippen LogP contribution in [0.3, 0.4) is 0 Å². The Bertz CT molecular complexity index is 330. The van der Waals surface area contributed by atoms with Crippen LogP contribution in [0.15, 0.2) is 18.2 Å². The van der Waals surface area contributed by atoms with Gasteiger partial charge in [0.15, 0.2) is 0 Å². The molecule has 0 nitrogen and oxygen atoms in total. The monoisotopic (exact) mass is 320 g/mol. The molecule has 1 aromatic carbocycles. The number of halogens is 5. The van der Waals surface area contributed by atoms with Gasteiger partial charge in [-0.3, -0.25) is 0 Å². The Kier molecular flexibility index (Phi) is 3.39. The Hall–Kier alpha value is -0.330. The fourth-order valence-corrected chi connectivity index (χ4v) is 3.06. The average Bonchev–Trinajstić information content (AvgIpc) is 2.01. The molecule has 14 heavy (non-hydrogen) atoms. The Morgan fingerprint density at radius 1 is 1.14 bits per heavy atom. The molecule has 0 aliphatic rings. The van der Waals surface area contributed by atoms with Crippen LogP contribution in [-0.2, 0) is 6.18 Å². The number of alkyl halides is 5. The molecular weight excluding hydrogens is 311 g/mol. The molecule has 5 heteroatoms. The third-order valence-electron chi connectivity index (χ3n) is 1.65. The first-order chi connectivity index (χ1) is 6.32. The fraction of sp³-hybridized carbons (Fsp3) is 0.333. The zero-order valence-electron chi connectivity index (χ0n) is 7.62. The number of benzene rings is 1. The molecule has 0 saturated carbocycles. The van der Waals surface area contributed by atoms with Crippen LogP contribution in [-0.4, -0.2) is 9.86 Å². The molecule has 0 heterocycles. The normalized spacial score (nSPS) is 12.9. The van der Waals surface area contributed by atoms with Crippen molar-refractivity contribution in [2.24, 2.45) is 0 Å². The third kappa shape index (κ3) is 2.59. The molecule has 0 bridgehead atoms. The predicted molar refractivity (Wildman–Crippen MR) is 56.0 cm³/mol. The molecular formula is C9H9F4I. The van der Waals surface area contributed by atoms with E-state index in [1.807, 2.05) is 9.86 Å². The van der Waals surface area contributed by atoms with Gasteiger partial charge in [-0.1, -0.05) is 0 Å². The third-order valence-corrected chi connectivity index (χ3v) is 4.85. The van der Waals surface area contributed by atoms with Gasteiger partial charge < -0.3 is 0 Å². The van der Waals surface area contributed by atoms with Gasteiger partial charge >= 0.3 is 86.6 Å². The van der Waals surface area contributed by atoms with Gasteiger partial charge in [-0.2, -0.15) is 0 Å². The van der Waals surface area contributed by atoms with Crippen molar-refractivity contribution in [2.75, 3.05) is 9.86 Å². The molecule has 1 aromatic rings. The van der Waals surface area contributed by atoms with E-state index in [0.717, 1.165) is 6.07 Å². The van der Waals surface area contributed by atoms with Gasteiger partial charge in [-0.05, 0) is 0 Å². The van der Waals surface area contributed by atoms with Gasteiger partial charge in [-0.15, -0.1) is 0 Å². The first-order valence-electron chi connectivity index (χ1n) is 3.69. The summed E-state index contributed by atoms with van der Waals surface area (Å²) in [5, 5.41) is 0. The van der Waals surface area contributed by atoms with Gasteiger partial charge in [-0.25, -0.2) is 0 Å². The molecule has 80 valence electrons. The van der Waals surface area contributed by atoms with Crippen molar-refractivity contribution in [3.63, 3.8) is 0 Å². The minimum atomic E-state index is -4.46. The molecule has 0 N–H and O–H groups in total. The summed E-state index contributed by atoms with van der Waals surface area (Å²) in [4.78, 5) is 3.77. The van der Waals surface area contributed by atoms with Crippen LogP contribution in [0.4, 0.5) is 17.6 Å². The molecule has 0 radical (unpaired) electrons. The summed E-state index contributed by atoms with van der Waals surface area (Å²) in [5.74, 6) is -0.727. The van der Waals surface area contributed by atoms with Crippen LogP contribution >= 0.6 is 19.8 Å². The van der Waals surface area contributed by atoms with E-state index >= 15 is 0 Å². The van der Waals surface area contributed by atoms with E-state index in [-0.39, 0.29) is 0 Å². The van der Waals surface area contributed by atoms with Gasteiger partial charge in [0.05, 0.1) is 0 Å². The van der Waals surface area contributed by atoms with Gasteiger partial charge in [0.25, 0.3) is 0 Å². The van der Waals surface area contributed by atoms with Crippen molar-refractivity contribution >= 4 is 19.8 Å². The summed E-state index contributed by atoms with van der Waals surface area (Å²) >= 11 is -1.55. The second kappa shape index (κ2) is 4.04. The van der Waals surface area contributed by atoms with Crippen LogP contribution in [0, 0.1) is 9.39 Å². The van der Waals surface area contributed by atoms with E-state index in [2.05, 4.69) is 0 Å². The molecule has 0 atom stereocenters. The molecule has 0 fully saturated rings. The molecule has 0 amide bonds. The molecule has 0 aliphatic heterocycles. The van der Waals surface area contributed by atoms with E-state index in [1.54, 1.807) is 0 Å². The van der Waals surface area contributed by atoms with E-state index < -0.39 is 37.4 Å². The van der Waals surface area contributed by atoms with Crippen molar-refractivity contribution < 1.29 is 17.6 Å². The number of rotatable bonds is 1. The summed E-state index contributed by atoms with van der Waals surface area (Å²) in [5.41, 5.74) is -0.920. The van der Waals surface area contributed by atoms with Crippen molar-refractivity contribution in [1.82, 2.24) is 0 Å². The molecule has 1 rings (SSSR count). The Morgan fingerprint density at radius 2 is 1.71 bits per heavy atom. The minimum absolute atomic E-state index is 0.460. The van der Waals surface area contributed by atoms with Gasteiger partial charge in [0.2, 0.25) is 0 Å². The van der Waals surface area contributed by atoms with E-state index in [1.165, 1.54) is 6.07 Å². The number of hydrogen-bond acceptors (Lipinski definition) is 0. The molecule has 0 aromatic heterocycles. The Morgan fingerprint density at radius 3 is 2.07 bits per heavy atom. The van der Waals surface area contributed by atoms with Crippen LogP contribution in [0.25, 0.3) is 0 Å². The standard InChI is InChI=1S/C9H9F4I/c1-14(2)8-4-3-6(5-7(8)10)9(11,12)13/h3-5H,1-2H3. The quantitative estimate of drug-likeness (QED) is 0.420. The summed E-state index contributed by atoms with van der Waals surface area (Å²) in [6, 6.07) is 2.77. The Labute approximate surface area is 86.7 Å². The van der Waals surface area contributed by atoms with Crippen molar-refractivity contribution in [2.45, 2.75) is 6.18 Å². The number of hydrogen-bond donors (Lipinski definition) is 0. The second-order valence-electron chi connectivity index (χ2n) is 2.88. The topological polar surface area (TPSA) is 0 Å². The van der Waals surface area contributed by atoms with Gasteiger partial charge in [0, 0.05) is 0 Å². The molecule has 0 saturated heterocycles. The van der Waals surface area contributed by atoms with E-state index in [4.69, 9.17) is 0 Å². The average molecular weight is 320 g/mol. The first kappa shape index (κ1) is 11.7. The SMILES string of the molecule is CI(C)c1ccc(C(F)(F)F)cc1F. The fourth-order valence-electron chi connectivity index (χ4n) is 0.979. The van der Waals surface area contributed by atoms with Gasteiger partial charge in [0.1, 0.15) is 0 Å². The van der Waals surface area contributed by atoms with Crippen LogP contribution in [0.1, 0.15) is 5.56 Å². The maximum absolute atomic E-state index is 13.2.